The Morgan fingerprint density at radius 2 is 2.23 bits per heavy atom. The van der Waals surface area contributed by atoms with Crippen molar-refractivity contribution in [1.82, 2.24) is 19.0 Å². The Labute approximate surface area is 180 Å². The fourth-order valence-electron chi connectivity index (χ4n) is 4.22. The lowest BCUT2D eigenvalue weighted by molar-refractivity contribution is -0.153. The molecule has 3 atom stereocenters. The first-order valence-electron chi connectivity index (χ1n) is 9.98. The second-order valence-corrected chi connectivity index (χ2v) is 8.78. The van der Waals surface area contributed by atoms with E-state index < -0.39 is 12.8 Å². The van der Waals surface area contributed by atoms with Crippen molar-refractivity contribution in [1.29, 1.82) is 0 Å². The fraction of sp³-hybridized carbons (Fsp3) is 0.450. The van der Waals surface area contributed by atoms with Gasteiger partial charge in [-0.2, -0.15) is 22.5 Å². The van der Waals surface area contributed by atoms with Gasteiger partial charge in [-0.3, -0.25) is 0 Å². The number of anilines is 2. The molecule has 0 spiro atoms. The van der Waals surface area contributed by atoms with E-state index in [1.54, 1.807) is 12.3 Å². The van der Waals surface area contributed by atoms with Crippen LogP contribution in [0.5, 0.6) is 5.75 Å². The highest BCUT2D eigenvalue weighted by atomic mass is 32.1. The highest BCUT2D eigenvalue weighted by Crippen LogP contribution is 2.55. The summed E-state index contributed by atoms with van der Waals surface area (Å²) in [4.78, 5) is 6.48. The van der Waals surface area contributed by atoms with Crippen molar-refractivity contribution in [3.05, 3.63) is 41.9 Å². The van der Waals surface area contributed by atoms with E-state index in [9.17, 15) is 13.2 Å². The van der Waals surface area contributed by atoms with Gasteiger partial charge in [-0.05, 0) is 66.9 Å². The zero-order valence-corrected chi connectivity index (χ0v) is 17.7. The van der Waals surface area contributed by atoms with E-state index in [1.807, 2.05) is 20.0 Å². The van der Waals surface area contributed by atoms with Crippen LogP contribution in [0.1, 0.15) is 18.5 Å². The number of aromatic nitrogens is 4. The van der Waals surface area contributed by atoms with E-state index in [4.69, 9.17) is 4.74 Å². The summed E-state index contributed by atoms with van der Waals surface area (Å²) in [5.74, 6) is 1.50. The molecule has 7 nitrogen and oxygen atoms in total. The van der Waals surface area contributed by atoms with E-state index in [0.29, 0.717) is 17.8 Å². The van der Waals surface area contributed by atoms with Crippen LogP contribution in [0.15, 0.2) is 36.2 Å². The van der Waals surface area contributed by atoms with Crippen molar-refractivity contribution in [3.8, 4) is 5.75 Å². The lowest BCUT2D eigenvalue weighted by atomic mass is 9.53. The maximum Gasteiger partial charge on any atom is 0.422 e. The summed E-state index contributed by atoms with van der Waals surface area (Å²) in [6.45, 7) is 0.601. The monoisotopic (exact) mass is 450 g/mol. The molecule has 3 heterocycles. The number of hydrogen-bond acceptors (Lipinski definition) is 7. The van der Waals surface area contributed by atoms with Crippen molar-refractivity contribution < 1.29 is 17.9 Å². The van der Waals surface area contributed by atoms with Crippen LogP contribution in [0.2, 0.25) is 0 Å². The van der Waals surface area contributed by atoms with Crippen molar-refractivity contribution >= 4 is 28.1 Å². The Bertz CT molecular complexity index is 1140. The number of hydrogen-bond donors (Lipinski definition) is 1. The summed E-state index contributed by atoms with van der Waals surface area (Å²) in [6, 6.07) is 5.20. The summed E-state index contributed by atoms with van der Waals surface area (Å²) in [7, 11) is 2.01. The van der Waals surface area contributed by atoms with Gasteiger partial charge in [0.25, 0.3) is 0 Å². The van der Waals surface area contributed by atoms with E-state index in [-0.39, 0.29) is 17.4 Å². The molecule has 2 fully saturated rings. The van der Waals surface area contributed by atoms with Crippen LogP contribution >= 0.6 is 11.5 Å². The second kappa shape index (κ2) is 7.40. The van der Waals surface area contributed by atoms with Crippen LogP contribution in [0.4, 0.5) is 24.1 Å². The first kappa shape index (κ1) is 20.1. The Hall–Kier alpha value is -2.82. The molecule has 2 aliphatic rings. The third kappa shape index (κ3) is 3.82. The molecule has 2 unspecified atom stereocenters. The summed E-state index contributed by atoms with van der Waals surface area (Å²) in [5.41, 5.74) is 2.53. The van der Waals surface area contributed by atoms with Gasteiger partial charge in [-0.15, -0.1) is 5.10 Å². The molecule has 164 valence electrons. The molecule has 3 aromatic heterocycles. The fourth-order valence-corrected chi connectivity index (χ4v) is 4.92. The van der Waals surface area contributed by atoms with Crippen LogP contribution in [0, 0.1) is 18.8 Å². The smallest absolute Gasteiger partial charge is 0.422 e. The minimum atomic E-state index is -4.42. The van der Waals surface area contributed by atoms with Gasteiger partial charge in [-0.25, -0.2) is 4.52 Å². The molecule has 0 bridgehead atoms. The lowest BCUT2D eigenvalue weighted by Crippen LogP contribution is -2.55. The van der Waals surface area contributed by atoms with Gasteiger partial charge in [0.15, 0.2) is 18.0 Å². The van der Waals surface area contributed by atoms with Gasteiger partial charge in [0, 0.05) is 19.4 Å². The summed E-state index contributed by atoms with van der Waals surface area (Å²) < 4.78 is 48.3. The number of nitrogens with one attached hydrogen (secondary N) is 1. The number of alkyl halides is 3. The third-order valence-corrected chi connectivity index (χ3v) is 6.82. The maximum absolute atomic E-state index is 12.5. The normalized spacial score (nSPS) is 23.9. The average Bonchev–Trinajstić information content (AvgIpc) is 3.30. The number of aryl methyl sites for hydroxylation is 1. The van der Waals surface area contributed by atoms with Gasteiger partial charge >= 0.3 is 6.18 Å². The number of nitrogens with zero attached hydrogens (tertiary/aromatic N) is 5. The van der Waals surface area contributed by atoms with Crippen molar-refractivity contribution in [2.24, 2.45) is 11.8 Å². The molecular weight excluding hydrogens is 429 g/mol. The third-order valence-electron chi connectivity index (χ3n) is 5.85. The first-order chi connectivity index (χ1) is 14.8. The van der Waals surface area contributed by atoms with Gasteiger partial charge in [0.2, 0.25) is 5.95 Å². The highest BCUT2D eigenvalue weighted by molar-refractivity contribution is 7.10. The van der Waals surface area contributed by atoms with Crippen LogP contribution in [0.3, 0.4) is 0 Å². The van der Waals surface area contributed by atoms with Gasteiger partial charge in [-0.1, -0.05) is 0 Å². The number of fused-ring (bicyclic) bond motifs is 2. The molecule has 0 aliphatic heterocycles. The highest BCUT2D eigenvalue weighted by Gasteiger charge is 2.52. The van der Waals surface area contributed by atoms with Crippen LogP contribution < -0.4 is 15.0 Å². The molecule has 0 aromatic carbocycles. The van der Waals surface area contributed by atoms with E-state index >= 15 is 0 Å². The van der Waals surface area contributed by atoms with Crippen molar-refractivity contribution in [2.45, 2.75) is 32.0 Å². The standard InChI is InChI=1S/C20H21F3N6OS/c1-11-8-16(31-27-11)28(2)9-14-12-5-6-13(12)17(14)24-19-25-18-15(30-10-20(21,22)23)4-3-7-29(18)26-19/h3-4,7-9,12-13,17H,5-6,10H2,1-2H3,(H,24,26)/b14-9+/t12?,13?,17-/m1/s1. The molecule has 3 aromatic rings. The Morgan fingerprint density at radius 3 is 2.90 bits per heavy atom. The van der Waals surface area contributed by atoms with Gasteiger partial charge < -0.3 is 15.0 Å². The van der Waals surface area contributed by atoms with Crippen molar-refractivity contribution in [3.63, 3.8) is 0 Å². The summed E-state index contributed by atoms with van der Waals surface area (Å²) in [6.07, 6.45) is 1.67. The Balaban J connectivity index is 1.35. The number of pyridine rings is 1. The zero-order chi connectivity index (χ0) is 21.8. The molecule has 1 N–H and O–H groups in total. The van der Waals surface area contributed by atoms with Crippen LogP contribution in [-0.2, 0) is 0 Å². The second-order valence-electron chi connectivity index (χ2n) is 8.00. The quantitative estimate of drug-likeness (QED) is 0.605. The van der Waals surface area contributed by atoms with E-state index in [0.717, 1.165) is 23.5 Å². The molecular formula is C20H21F3N6OS. The summed E-state index contributed by atoms with van der Waals surface area (Å²) >= 11 is 1.46. The molecule has 11 heteroatoms. The van der Waals surface area contributed by atoms with E-state index in [2.05, 4.69) is 30.9 Å². The Morgan fingerprint density at radius 1 is 1.39 bits per heavy atom. The lowest BCUT2D eigenvalue weighted by Gasteiger charge is -2.55. The molecule has 2 aliphatic carbocycles. The predicted molar refractivity (Wildman–Crippen MR) is 111 cm³/mol. The van der Waals surface area contributed by atoms with Crippen LogP contribution in [0.25, 0.3) is 5.65 Å². The largest absolute Gasteiger partial charge is 0.480 e. The maximum atomic E-state index is 12.5. The van der Waals surface area contributed by atoms with Crippen LogP contribution in [-0.4, -0.2) is 44.8 Å². The number of halogens is 3. The molecule has 0 amide bonds. The molecule has 2 saturated carbocycles. The average molecular weight is 450 g/mol. The van der Waals surface area contributed by atoms with Gasteiger partial charge in [0.1, 0.15) is 5.00 Å². The number of ether oxygens (including phenoxy) is 1. The minimum absolute atomic E-state index is 0.0477. The van der Waals surface area contributed by atoms with Crippen molar-refractivity contribution in [2.75, 3.05) is 23.9 Å². The predicted octanol–water partition coefficient (Wildman–Crippen LogP) is 4.28. The summed E-state index contributed by atoms with van der Waals surface area (Å²) in [5, 5.41) is 8.84. The molecule has 0 radical (unpaired) electrons. The van der Waals surface area contributed by atoms with E-state index in [1.165, 1.54) is 27.7 Å². The topological polar surface area (TPSA) is 67.6 Å². The molecule has 5 rings (SSSR count). The minimum Gasteiger partial charge on any atom is -0.480 e. The zero-order valence-electron chi connectivity index (χ0n) is 16.9. The van der Waals surface area contributed by atoms with Gasteiger partial charge in [0.05, 0.1) is 11.7 Å². The number of rotatable bonds is 6. The first-order valence-corrected chi connectivity index (χ1v) is 10.7. The SMILES string of the molecule is Cc1cc(N(C)/C=C2\C3CCC3[C@H]2Nc2nc3c(OCC(F)(F)F)cccn3n2)sn1. The Kier molecular flexibility index (Phi) is 4.80. The molecule has 0 saturated heterocycles. The molecule has 31 heavy (non-hydrogen) atoms.